The van der Waals surface area contributed by atoms with Crippen LogP contribution in [0.2, 0.25) is 0 Å². The normalized spacial score (nSPS) is 16.7. The minimum Gasteiger partial charge on any atom is -0.443 e. The summed E-state index contributed by atoms with van der Waals surface area (Å²) < 4.78 is 13.7. The first-order valence-electron chi connectivity index (χ1n) is 12.6. The number of fused-ring (bicyclic) bond motifs is 1. The molecule has 38 heavy (non-hydrogen) atoms. The predicted molar refractivity (Wildman–Crippen MR) is 145 cm³/mol. The third kappa shape index (κ3) is 4.47. The van der Waals surface area contributed by atoms with E-state index in [2.05, 4.69) is 4.90 Å². The number of hydrogen-bond donors (Lipinski definition) is 1. The van der Waals surface area contributed by atoms with E-state index in [9.17, 15) is 14.4 Å². The van der Waals surface area contributed by atoms with Gasteiger partial charge in [0, 0.05) is 42.1 Å². The first kappa shape index (κ1) is 25.7. The van der Waals surface area contributed by atoms with Crippen LogP contribution in [0.4, 0.5) is 4.79 Å². The van der Waals surface area contributed by atoms with Gasteiger partial charge < -0.3 is 24.4 Å². The van der Waals surface area contributed by atoms with Crippen molar-refractivity contribution in [2.45, 2.75) is 39.8 Å². The van der Waals surface area contributed by atoms with Crippen LogP contribution in [0.3, 0.4) is 0 Å². The number of aromatic nitrogens is 2. The van der Waals surface area contributed by atoms with Crippen molar-refractivity contribution in [2.24, 2.45) is 5.41 Å². The first-order valence-corrected chi connectivity index (χ1v) is 12.6. The van der Waals surface area contributed by atoms with Gasteiger partial charge in [-0.2, -0.15) is 0 Å². The molecular weight excluding hydrogens is 484 g/mol. The molecule has 1 aromatic carbocycles. The minimum absolute atomic E-state index is 0.194. The maximum atomic E-state index is 13.4. The van der Waals surface area contributed by atoms with Gasteiger partial charge in [-0.05, 0) is 51.5 Å². The molecule has 0 bridgehead atoms. The molecule has 1 spiro atoms. The number of carbonyl (C=O) groups is 2. The molecule has 0 atom stereocenters. The Morgan fingerprint density at radius 2 is 1.92 bits per heavy atom. The Hall–Kier alpha value is -3.98. The molecule has 198 valence electrons. The number of hydrogen-bond acceptors (Lipinski definition) is 7. The van der Waals surface area contributed by atoms with Gasteiger partial charge in [0.05, 0.1) is 41.9 Å². The Morgan fingerprint density at radius 3 is 2.50 bits per heavy atom. The molecule has 2 aliphatic rings. The van der Waals surface area contributed by atoms with Crippen LogP contribution in [0.1, 0.15) is 54.9 Å². The molecule has 2 aliphatic heterocycles. The number of carbonyl (C=O) groups excluding carboxylic acids is 2. The lowest BCUT2D eigenvalue weighted by atomic mass is 9.77. The van der Waals surface area contributed by atoms with E-state index in [-0.39, 0.29) is 23.2 Å². The fraction of sp³-hybridized carbons (Fsp3) is 0.379. The van der Waals surface area contributed by atoms with E-state index in [1.807, 2.05) is 31.2 Å². The van der Waals surface area contributed by atoms with Gasteiger partial charge in [-0.1, -0.05) is 18.2 Å². The smallest absolute Gasteiger partial charge is 0.419 e. The number of nitrogens with one attached hydrogen (secondary N) is 1. The largest absolute Gasteiger partial charge is 0.443 e. The van der Waals surface area contributed by atoms with Gasteiger partial charge >= 0.3 is 6.09 Å². The van der Waals surface area contributed by atoms with Crippen molar-refractivity contribution in [2.75, 3.05) is 26.3 Å². The minimum atomic E-state index is -0.724. The highest BCUT2D eigenvalue weighted by atomic mass is 16.6. The van der Waals surface area contributed by atoms with E-state index in [0.29, 0.717) is 22.8 Å². The number of rotatable bonds is 6. The van der Waals surface area contributed by atoms with Crippen molar-refractivity contribution in [1.82, 2.24) is 14.0 Å². The van der Waals surface area contributed by atoms with Gasteiger partial charge in [0.25, 0.3) is 5.56 Å². The fourth-order valence-electron chi connectivity index (χ4n) is 5.26. The topological polar surface area (TPSA) is 107 Å². The van der Waals surface area contributed by atoms with Crippen molar-refractivity contribution in [3.63, 3.8) is 0 Å². The Bertz CT molecular complexity index is 1530. The lowest BCUT2D eigenvalue weighted by Gasteiger charge is -2.56. The molecule has 9 heteroatoms. The number of benzene rings is 1. The van der Waals surface area contributed by atoms with Crippen molar-refractivity contribution in [3.05, 3.63) is 75.3 Å². The average Bonchev–Trinajstić information content (AvgIpc) is 3.18. The molecule has 5 rings (SSSR count). The van der Waals surface area contributed by atoms with Gasteiger partial charge in [-0.15, -0.1) is 0 Å². The summed E-state index contributed by atoms with van der Waals surface area (Å²) in [7, 11) is 0. The highest BCUT2D eigenvalue weighted by Gasteiger charge is 2.49. The molecule has 2 fully saturated rings. The summed E-state index contributed by atoms with van der Waals surface area (Å²) >= 11 is 0. The third-order valence-corrected chi connectivity index (χ3v) is 7.05. The van der Waals surface area contributed by atoms with E-state index in [1.54, 1.807) is 43.7 Å². The van der Waals surface area contributed by atoms with E-state index in [0.717, 1.165) is 49.3 Å². The summed E-state index contributed by atoms with van der Waals surface area (Å²) in [6.45, 7) is 10.8. The van der Waals surface area contributed by atoms with Gasteiger partial charge in [0.1, 0.15) is 5.60 Å². The highest BCUT2D eigenvalue weighted by Crippen LogP contribution is 2.41. The summed E-state index contributed by atoms with van der Waals surface area (Å²) in [5.41, 5.74) is 2.74. The van der Waals surface area contributed by atoms with Crippen LogP contribution in [0.15, 0.2) is 47.4 Å². The molecule has 0 aliphatic carbocycles. The summed E-state index contributed by atoms with van der Waals surface area (Å²) in [5.74, 6) is 0. The van der Waals surface area contributed by atoms with Gasteiger partial charge in [0.2, 0.25) is 0 Å². The molecule has 2 saturated heterocycles. The second kappa shape index (κ2) is 9.40. The molecule has 2 aromatic heterocycles. The Kier molecular flexibility index (Phi) is 6.35. The van der Waals surface area contributed by atoms with Gasteiger partial charge in [0.15, 0.2) is 6.29 Å². The predicted octanol–water partition coefficient (Wildman–Crippen LogP) is 4.14. The Morgan fingerprint density at radius 1 is 1.18 bits per heavy atom. The SMILES string of the molecule is C/C=C(\c1ccn(Cc2ccc3cc(C=O)n(C(=O)OC(C)(C)C)c3c2)c(=O)c1C=N)N1CC2(COC2)C1. The van der Waals surface area contributed by atoms with Crippen LogP contribution < -0.4 is 5.56 Å². The van der Waals surface area contributed by atoms with Crippen LogP contribution >= 0.6 is 0 Å². The average molecular weight is 517 g/mol. The zero-order valence-electron chi connectivity index (χ0n) is 22.1. The zero-order valence-corrected chi connectivity index (χ0v) is 22.1. The van der Waals surface area contributed by atoms with Crippen LogP contribution in [0.5, 0.6) is 0 Å². The molecule has 1 N–H and O–H groups in total. The highest BCUT2D eigenvalue weighted by molar-refractivity contribution is 5.97. The lowest BCUT2D eigenvalue weighted by Crippen LogP contribution is -2.65. The van der Waals surface area contributed by atoms with E-state index in [1.165, 1.54) is 4.57 Å². The number of pyridine rings is 1. The van der Waals surface area contributed by atoms with E-state index < -0.39 is 11.7 Å². The van der Waals surface area contributed by atoms with Crippen LogP contribution in [0, 0.1) is 10.8 Å². The van der Waals surface area contributed by atoms with Crippen LogP contribution in [-0.4, -0.2) is 64.5 Å². The summed E-state index contributed by atoms with van der Waals surface area (Å²) in [6.07, 6.45) is 4.83. The number of aldehydes is 1. The van der Waals surface area contributed by atoms with E-state index in [4.69, 9.17) is 14.9 Å². The number of nitrogens with zero attached hydrogens (tertiary/aromatic N) is 3. The van der Waals surface area contributed by atoms with Crippen molar-refractivity contribution in [1.29, 1.82) is 5.41 Å². The summed E-state index contributed by atoms with van der Waals surface area (Å²) in [6, 6.07) is 8.98. The number of ether oxygens (including phenoxy) is 2. The first-order chi connectivity index (χ1) is 18.1. The van der Waals surface area contributed by atoms with Gasteiger partial charge in [-0.25, -0.2) is 9.36 Å². The van der Waals surface area contributed by atoms with Crippen molar-refractivity contribution < 1.29 is 19.1 Å². The van der Waals surface area contributed by atoms with Crippen molar-refractivity contribution in [3.8, 4) is 0 Å². The standard InChI is InChI=1S/C29H32N4O5/c1-5-24(32-15-29(16-32)17-37-18-29)22-8-9-31(26(35)23(22)12-30)13-19-6-7-20-11-21(14-34)33(25(20)10-19)27(36)38-28(2,3)4/h5-12,14,30H,13,15-18H2,1-4H3/b24-5+,30-12?. The molecule has 9 nitrogen and oxygen atoms in total. The Balaban J connectivity index is 1.46. The molecule has 4 heterocycles. The number of likely N-dealkylation sites (tertiary alicyclic amines) is 1. The zero-order chi connectivity index (χ0) is 27.2. The summed E-state index contributed by atoms with van der Waals surface area (Å²) in [5, 5.41) is 8.71. The van der Waals surface area contributed by atoms with E-state index >= 15 is 0 Å². The van der Waals surface area contributed by atoms with Crippen molar-refractivity contribution >= 4 is 35.2 Å². The second-order valence-electron chi connectivity index (χ2n) is 11.1. The quantitative estimate of drug-likeness (QED) is 0.390. The van der Waals surface area contributed by atoms with Crippen LogP contribution in [-0.2, 0) is 16.0 Å². The maximum Gasteiger partial charge on any atom is 0.419 e. The molecule has 0 saturated carbocycles. The molecule has 0 unspecified atom stereocenters. The monoisotopic (exact) mass is 516 g/mol. The third-order valence-electron chi connectivity index (χ3n) is 7.05. The van der Waals surface area contributed by atoms with Gasteiger partial charge in [-0.3, -0.25) is 9.59 Å². The number of allylic oxidation sites excluding steroid dienone is 1. The lowest BCUT2D eigenvalue weighted by molar-refractivity contribution is -0.173. The maximum absolute atomic E-state index is 13.4. The molecule has 0 radical (unpaired) electrons. The second-order valence-corrected chi connectivity index (χ2v) is 11.1. The Labute approximate surface area is 220 Å². The fourth-order valence-corrected chi connectivity index (χ4v) is 5.26. The van der Waals surface area contributed by atoms with Crippen LogP contribution in [0.25, 0.3) is 16.6 Å². The summed E-state index contributed by atoms with van der Waals surface area (Å²) in [4.78, 5) is 40.2. The molecule has 3 aromatic rings. The molecular formula is C29H32N4O5. The molecule has 0 amide bonds.